The molecule has 3 aromatic rings. The fourth-order valence-corrected chi connectivity index (χ4v) is 3.52. The molecule has 168 valence electrons. The number of benzene rings is 3. The highest BCUT2D eigenvalue weighted by atomic mass is 19.4. The Balaban J connectivity index is 2.15. The number of rotatable bonds is 6. The molecule has 0 saturated heterocycles. The molecule has 0 aliphatic rings. The highest BCUT2D eigenvalue weighted by Gasteiger charge is 2.35. The Hall–Kier alpha value is -3.21. The van der Waals surface area contributed by atoms with E-state index in [1.54, 1.807) is 0 Å². The van der Waals surface area contributed by atoms with Gasteiger partial charge in [-0.3, -0.25) is 0 Å². The molecule has 0 bridgehead atoms. The summed E-state index contributed by atoms with van der Waals surface area (Å²) in [5, 5.41) is -0.806. The van der Waals surface area contributed by atoms with E-state index in [1.807, 2.05) is 12.8 Å². The minimum Gasteiger partial charge on any atom is -0.399 e. The van der Waals surface area contributed by atoms with Crippen molar-refractivity contribution in [2.75, 3.05) is 0 Å². The van der Waals surface area contributed by atoms with Crippen molar-refractivity contribution in [1.82, 2.24) is 0 Å². The summed E-state index contributed by atoms with van der Waals surface area (Å²) in [5.74, 6) is -4.96. The Labute approximate surface area is 179 Å². The van der Waals surface area contributed by atoms with E-state index in [0.717, 1.165) is 37.5 Å². The van der Waals surface area contributed by atoms with E-state index in [-0.39, 0.29) is 10.9 Å². The lowest BCUT2D eigenvalue weighted by atomic mass is 9.95. The number of alkyl halides is 3. The Kier molecular flexibility index (Phi) is 6.68. The third-order valence-corrected chi connectivity index (χ3v) is 4.97. The first kappa shape index (κ1) is 23.5. The third kappa shape index (κ3) is 4.67. The SMILES string of the molecule is C#Cc1c(F)c(OC(F)(F)F)c(F)c2ccc(-c3c(F)cc(CCCCC)cc3F)cc12. The monoisotopic (exact) mass is 454 g/mol. The fourth-order valence-electron chi connectivity index (χ4n) is 3.52. The molecule has 0 aliphatic heterocycles. The van der Waals surface area contributed by atoms with Gasteiger partial charge in [0.1, 0.15) is 11.6 Å². The molecule has 0 saturated carbocycles. The molecular formula is C24H17F7O. The van der Waals surface area contributed by atoms with E-state index in [4.69, 9.17) is 6.42 Å². The summed E-state index contributed by atoms with van der Waals surface area (Å²) in [6, 6.07) is 5.48. The van der Waals surface area contributed by atoms with Crippen molar-refractivity contribution in [3.8, 4) is 29.2 Å². The number of halogens is 7. The van der Waals surface area contributed by atoms with Gasteiger partial charge in [-0.15, -0.1) is 19.6 Å². The molecule has 32 heavy (non-hydrogen) atoms. The number of aryl methyl sites for hydroxylation is 1. The molecule has 0 N–H and O–H groups in total. The van der Waals surface area contributed by atoms with Crippen LogP contribution in [-0.2, 0) is 6.42 Å². The number of hydrogen-bond donors (Lipinski definition) is 0. The molecule has 8 heteroatoms. The van der Waals surface area contributed by atoms with Crippen molar-refractivity contribution < 1.29 is 35.5 Å². The number of unbranched alkanes of at least 4 members (excludes halogenated alkanes) is 2. The van der Waals surface area contributed by atoms with Crippen molar-refractivity contribution in [3.05, 3.63) is 64.7 Å². The van der Waals surface area contributed by atoms with Gasteiger partial charge in [-0.25, -0.2) is 17.6 Å². The second kappa shape index (κ2) is 9.11. The Morgan fingerprint density at radius 2 is 1.56 bits per heavy atom. The Morgan fingerprint density at radius 1 is 0.906 bits per heavy atom. The quantitative estimate of drug-likeness (QED) is 0.211. The van der Waals surface area contributed by atoms with Crippen LogP contribution in [-0.4, -0.2) is 6.36 Å². The van der Waals surface area contributed by atoms with Crippen molar-refractivity contribution in [2.24, 2.45) is 0 Å². The molecular weight excluding hydrogens is 437 g/mol. The first-order chi connectivity index (χ1) is 15.1. The van der Waals surface area contributed by atoms with Crippen molar-refractivity contribution in [1.29, 1.82) is 0 Å². The van der Waals surface area contributed by atoms with E-state index in [0.29, 0.717) is 12.0 Å². The first-order valence-electron chi connectivity index (χ1n) is 9.72. The minimum atomic E-state index is -5.35. The summed E-state index contributed by atoms with van der Waals surface area (Å²) in [6.07, 6.45) is 2.97. The molecule has 0 spiro atoms. The van der Waals surface area contributed by atoms with Crippen LogP contribution in [0.25, 0.3) is 21.9 Å². The molecule has 0 aliphatic carbocycles. The fraction of sp³-hybridized carbons (Fsp3) is 0.250. The van der Waals surface area contributed by atoms with Crippen LogP contribution in [0.3, 0.4) is 0 Å². The van der Waals surface area contributed by atoms with Gasteiger partial charge in [-0.1, -0.05) is 37.8 Å². The van der Waals surface area contributed by atoms with Gasteiger partial charge in [0.25, 0.3) is 0 Å². The predicted molar refractivity (Wildman–Crippen MR) is 107 cm³/mol. The molecule has 0 fully saturated rings. The maximum atomic E-state index is 14.7. The topological polar surface area (TPSA) is 9.23 Å². The first-order valence-corrected chi connectivity index (χ1v) is 9.72. The summed E-state index contributed by atoms with van der Waals surface area (Å²) in [6.45, 7) is 2.00. The number of fused-ring (bicyclic) bond motifs is 1. The summed E-state index contributed by atoms with van der Waals surface area (Å²) in [7, 11) is 0. The summed E-state index contributed by atoms with van der Waals surface area (Å²) >= 11 is 0. The lowest BCUT2D eigenvalue weighted by Gasteiger charge is -2.15. The van der Waals surface area contributed by atoms with E-state index < -0.39 is 51.9 Å². The Bertz CT molecular complexity index is 1180. The van der Waals surface area contributed by atoms with Gasteiger partial charge in [0.2, 0.25) is 5.75 Å². The molecule has 0 unspecified atom stereocenters. The smallest absolute Gasteiger partial charge is 0.399 e. The van der Waals surface area contributed by atoms with Crippen LogP contribution in [0.1, 0.15) is 37.3 Å². The second-order valence-corrected chi connectivity index (χ2v) is 7.18. The number of hydrogen-bond acceptors (Lipinski definition) is 1. The standard InChI is InChI=1S/C24H17F7O/c1-3-5-6-7-13-10-18(25)20(19(26)11-13)14-8-9-16-17(12-14)15(4-2)21(27)23(22(16)28)32-24(29,30)31/h2,8-12H,3,5-7H2,1H3. The van der Waals surface area contributed by atoms with Crippen LogP contribution in [0.15, 0.2) is 30.3 Å². The largest absolute Gasteiger partial charge is 0.573 e. The molecule has 0 atom stereocenters. The van der Waals surface area contributed by atoms with Crippen LogP contribution >= 0.6 is 0 Å². The highest BCUT2D eigenvalue weighted by molar-refractivity contribution is 5.94. The van der Waals surface area contributed by atoms with Gasteiger partial charge in [-0.05, 0) is 42.2 Å². The van der Waals surface area contributed by atoms with Crippen molar-refractivity contribution >= 4 is 10.8 Å². The van der Waals surface area contributed by atoms with Gasteiger partial charge in [0.15, 0.2) is 11.6 Å². The van der Waals surface area contributed by atoms with Crippen molar-refractivity contribution in [2.45, 2.75) is 39.0 Å². The van der Waals surface area contributed by atoms with Crippen LogP contribution in [0.2, 0.25) is 0 Å². The van der Waals surface area contributed by atoms with Gasteiger partial charge in [-0.2, -0.15) is 0 Å². The van der Waals surface area contributed by atoms with E-state index >= 15 is 0 Å². The van der Waals surface area contributed by atoms with Gasteiger partial charge >= 0.3 is 6.36 Å². The second-order valence-electron chi connectivity index (χ2n) is 7.18. The average molecular weight is 454 g/mol. The molecule has 0 radical (unpaired) electrons. The average Bonchev–Trinajstić information content (AvgIpc) is 2.70. The molecule has 3 aromatic carbocycles. The summed E-state index contributed by atoms with van der Waals surface area (Å²) in [4.78, 5) is 0. The molecule has 0 aromatic heterocycles. The Morgan fingerprint density at radius 3 is 2.12 bits per heavy atom. The lowest BCUT2D eigenvalue weighted by Crippen LogP contribution is -2.19. The van der Waals surface area contributed by atoms with E-state index in [2.05, 4.69) is 4.74 Å². The zero-order valence-electron chi connectivity index (χ0n) is 16.8. The minimum absolute atomic E-state index is 0.0765. The van der Waals surface area contributed by atoms with E-state index in [1.165, 1.54) is 12.1 Å². The lowest BCUT2D eigenvalue weighted by molar-refractivity contribution is -0.276. The van der Waals surface area contributed by atoms with Gasteiger partial charge in [0.05, 0.1) is 11.1 Å². The van der Waals surface area contributed by atoms with Crippen LogP contribution in [0, 0.1) is 35.6 Å². The molecule has 0 heterocycles. The van der Waals surface area contributed by atoms with Gasteiger partial charge < -0.3 is 4.74 Å². The molecule has 3 rings (SSSR count). The summed E-state index contributed by atoms with van der Waals surface area (Å²) in [5.41, 5.74) is -0.772. The third-order valence-electron chi connectivity index (χ3n) is 4.97. The van der Waals surface area contributed by atoms with E-state index in [9.17, 15) is 30.7 Å². The van der Waals surface area contributed by atoms with Crippen LogP contribution in [0.4, 0.5) is 30.7 Å². The maximum Gasteiger partial charge on any atom is 0.573 e. The zero-order valence-corrected chi connectivity index (χ0v) is 16.8. The van der Waals surface area contributed by atoms with Crippen LogP contribution < -0.4 is 4.74 Å². The number of ether oxygens (including phenoxy) is 1. The van der Waals surface area contributed by atoms with Gasteiger partial charge in [0, 0.05) is 10.8 Å². The molecule has 0 amide bonds. The highest BCUT2D eigenvalue weighted by Crippen LogP contribution is 2.39. The number of terminal acetylenes is 1. The van der Waals surface area contributed by atoms with Crippen molar-refractivity contribution in [3.63, 3.8) is 0 Å². The van der Waals surface area contributed by atoms with Crippen LogP contribution in [0.5, 0.6) is 5.75 Å². The maximum absolute atomic E-state index is 14.7. The summed E-state index contributed by atoms with van der Waals surface area (Å²) < 4.78 is 99.7. The predicted octanol–water partition coefficient (Wildman–Crippen LogP) is 7.68. The molecule has 1 nitrogen and oxygen atoms in total. The zero-order chi connectivity index (χ0) is 23.6. The normalized spacial score (nSPS) is 11.6.